The van der Waals surface area contributed by atoms with Gasteiger partial charge in [-0.25, -0.2) is 0 Å². The molecule has 1 unspecified atom stereocenters. The van der Waals surface area contributed by atoms with E-state index in [1.807, 2.05) is 18.2 Å². The van der Waals surface area contributed by atoms with Gasteiger partial charge in [0.15, 0.2) is 5.76 Å². The molecule has 0 saturated carbocycles. The second-order valence-electron chi connectivity index (χ2n) is 5.31. The van der Waals surface area contributed by atoms with Gasteiger partial charge in [0, 0.05) is 0 Å². The molecule has 0 saturated heterocycles. The van der Waals surface area contributed by atoms with Crippen LogP contribution in [-0.4, -0.2) is 20.7 Å². The average molecular weight is 294 g/mol. The average Bonchev–Trinajstić information content (AvgIpc) is 3.25. The maximum Gasteiger partial charge on any atom is 0.257 e. The van der Waals surface area contributed by atoms with E-state index in [1.54, 1.807) is 12.1 Å². The van der Waals surface area contributed by atoms with Crippen LogP contribution in [0.5, 0.6) is 0 Å². The molecule has 2 N–H and O–H groups in total. The van der Waals surface area contributed by atoms with Crippen molar-refractivity contribution in [3.8, 4) is 11.6 Å². The van der Waals surface area contributed by atoms with Crippen molar-refractivity contribution in [3.63, 3.8) is 0 Å². The van der Waals surface area contributed by atoms with Crippen LogP contribution in [0.15, 0.2) is 47.1 Å². The van der Waals surface area contributed by atoms with Gasteiger partial charge in [-0.15, -0.1) is 5.10 Å². The first-order valence-corrected chi connectivity index (χ1v) is 7.12. The number of hydrogen-bond donors (Lipinski definition) is 1. The largest absolute Gasteiger partial charge is 0.461 e. The zero-order valence-corrected chi connectivity index (χ0v) is 11.8. The molecule has 2 aromatic heterocycles. The number of nitrogen functional groups attached to an aromatic ring is 1. The number of aromatic nitrogens is 3. The number of benzene rings is 1. The van der Waals surface area contributed by atoms with E-state index in [9.17, 15) is 4.79 Å². The quantitative estimate of drug-likeness (QED) is 0.784. The Labute approximate surface area is 126 Å². The molecule has 0 radical (unpaired) electrons. The molecule has 0 fully saturated rings. The van der Waals surface area contributed by atoms with Crippen molar-refractivity contribution in [2.45, 2.75) is 18.8 Å². The van der Waals surface area contributed by atoms with E-state index in [2.05, 4.69) is 16.1 Å². The molecule has 0 bridgehead atoms. The summed E-state index contributed by atoms with van der Waals surface area (Å²) in [4.78, 5) is 16.9. The molecule has 1 aliphatic rings. The number of carbonyl (C=O) groups is 1. The molecule has 1 atom stereocenters. The van der Waals surface area contributed by atoms with Gasteiger partial charge in [-0.1, -0.05) is 24.3 Å². The Morgan fingerprint density at radius 2 is 2.14 bits per heavy atom. The fourth-order valence-corrected chi connectivity index (χ4v) is 2.96. The van der Waals surface area contributed by atoms with Gasteiger partial charge in [0.25, 0.3) is 5.91 Å². The van der Waals surface area contributed by atoms with Crippen molar-refractivity contribution in [2.24, 2.45) is 0 Å². The second-order valence-corrected chi connectivity index (χ2v) is 5.31. The van der Waals surface area contributed by atoms with Crippen LogP contribution in [0.4, 0.5) is 5.95 Å². The first-order chi connectivity index (χ1) is 10.7. The molecule has 0 amide bonds. The van der Waals surface area contributed by atoms with Gasteiger partial charge in [0.1, 0.15) is 0 Å². The third-order valence-electron chi connectivity index (χ3n) is 4.01. The van der Waals surface area contributed by atoms with E-state index >= 15 is 0 Å². The third-order valence-corrected chi connectivity index (χ3v) is 4.01. The summed E-state index contributed by atoms with van der Waals surface area (Å²) in [6.07, 6.45) is 3.20. The Morgan fingerprint density at radius 1 is 1.27 bits per heavy atom. The number of anilines is 1. The Kier molecular flexibility index (Phi) is 2.82. The summed E-state index contributed by atoms with van der Waals surface area (Å²) in [5.74, 6) is 0.533. The van der Waals surface area contributed by atoms with E-state index in [4.69, 9.17) is 10.2 Å². The van der Waals surface area contributed by atoms with E-state index in [0.717, 1.165) is 18.4 Å². The van der Waals surface area contributed by atoms with Crippen LogP contribution in [0.25, 0.3) is 11.6 Å². The summed E-state index contributed by atoms with van der Waals surface area (Å²) in [7, 11) is 0. The van der Waals surface area contributed by atoms with Gasteiger partial charge in [0.05, 0.1) is 12.2 Å². The molecule has 4 rings (SSSR count). The Balaban J connectivity index is 1.70. The van der Waals surface area contributed by atoms with E-state index in [-0.39, 0.29) is 17.8 Å². The molecule has 22 heavy (non-hydrogen) atoms. The fraction of sp³-hybridized carbons (Fsp3) is 0.188. The maximum atomic E-state index is 12.8. The molecule has 2 heterocycles. The van der Waals surface area contributed by atoms with Gasteiger partial charge in [-0.2, -0.15) is 9.67 Å². The number of nitrogens with zero attached hydrogens (tertiary/aromatic N) is 3. The first-order valence-electron chi connectivity index (χ1n) is 7.12. The van der Waals surface area contributed by atoms with Crippen molar-refractivity contribution in [2.75, 3.05) is 5.73 Å². The van der Waals surface area contributed by atoms with Crippen LogP contribution < -0.4 is 5.73 Å². The summed E-state index contributed by atoms with van der Waals surface area (Å²) in [6.45, 7) is 0. The topological polar surface area (TPSA) is 86.9 Å². The highest BCUT2D eigenvalue weighted by Gasteiger charge is 2.31. The number of nitrogens with two attached hydrogens (primary N) is 1. The van der Waals surface area contributed by atoms with Gasteiger partial charge in [-0.05, 0) is 36.1 Å². The predicted molar refractivity (Wildman–Crippen MR) is 80.3 cm³/mol. The SMILES string of the molecule is Nc1nc(-c2ccco2)nn1C(=O)C1CCc2ccccc21. The first kappa shape index (κ1) is 12.8. The van der Waals surface area contributed by atoms with Crippen LogP contribution in [0.3, 0.4) is 0 Å². The lowest BCUT2D eigenvalue weighted by atomic mass is 10.0. The van der Waals surface area contributed by atoms with Crippen molar-refractivity contribution in [3.05, 3.63) is 53.8 Å². The highest BCUT2D eigenvalue weighted by atomic mass is 16.3. The summed E-state index contributed by atoms with van der Waals surface area (Å²) in [5.41, 5.74) is 8.13. The summed E-state index contributed by atoms with van der Waals surface area (Å²) >= 11 is 0. The summed E-state index contributed by atoms with van der Waals surface area (Å²) < 4.78 is 6.43. The van der Waals surface area contributed by atoms with E-state index < -0.39 is 0 Å². The van der Waals surface area contributed by atoms with Crippen LogP contribution in [0, 0.1) is 0 Å². The minimum Gasteiger partial charge on any atom is -0.461 e. The Morgan fingerprint density at radius 3 is 2.95 bits per heavy atom. The lowest BCUT2D eigenvalue weighted by molar-refractivity contribution is 0.0864. The van der Waals surface area contributed by atoms with Crippen LogP contribution in [0.1, 0.15) is 28.3 Å². The lowest BCUT2D eigenvalue weighted by Gasteiger charge is -2.10. The molecular weight excluding hydrogens is 280 g/mol. The van der Waals surface area contributed by atoms with E-state index in [0.29, 0.717) is 11.6 Å². The lowest BCUT2D eigenvalue weighted by Crippen LogP contribution is -2.21. The van der Waals surface area contributed by atoms with E-state index in [1.165, 1.54) is 16.5 Å². The zero-order chi connectivity index (χ0) is 15.1. The maximum absolute atomic E-state index is 12.8. The minimum absolute atomic E-state index is 0.0841. The summed E-state index contributed by atoms with van der Waals surface area (Å²) in [5, 5.41) is 4.21. The smallest absolute Gasteiger partial charge is 0.257 e. The number of aryl methyl sites for hydroxylation is 1. The minimum atomic E-state index is -0.218. The molecule has 110 valence electrons. The van der Waals surface area contributed by atoms with Gasteiger partial charge < -0.3 is 10.2 Å². The number of hydrogen-bond acceptors (Lipinski definition) is 5. The van der Waals surface area contributed by atoms with Gasteiger partial charge >= 0.3 is 0 Å². The molecule has 0 spiro atoms. The number of carbonyl (C=O) groups excluding carboxylic acids is 1. The van der Waals surface area contributed by atoms with Crippen LogP contribution in [-0.2, 0) is 6.42 Å². The molecular formula is C16H14N4O2. The molecule has 3 aromatic rings. The highest BCUT2D eigenvalue weighted by molar-refractivity contribution is 5.88. The molecule has 6 nitrogen and oxygen atoms in total. The Hall–Kier alpha value is -2.89. The number of furan rings is 1. The van der Waals surface area contributed by atoms with Gasteiger partial charge in [0.2, 0.25) is 11.8 Å². The van der Waals surface area contributed by atoms with Crippen molar-refractivity contribution < 1.29 is 9.21 Å². The molecule has 0 aliphatic heterocycles. The standard InChI is InChI=1S/C16H14N4O2/c17-16-18-14(13-6-3-9-22-13)19-20(16)15(21)12-8-7-10-4-1-2-5-11(10)12/h1-6,9,12H,7-8H2,(H2,17,18,19). The normalized spacial score (nSPS) is 16.6. The number of fused-ring (bicyclic) bond motifs is 1. The third kappa shape index (κ3) is 1.92. The predicted octanol–water partition coefficient (Wildman–Crippen LogP) is 2.49. The Bertz CT molecular complexity index is 836. The number of rotatable bonds is 2. The molecule has 1 aromatic carbocycles. The highest BCUT2D eigenvalue weighted by Crippen LogP contribution is 2.34. The zero-order valence-electron chi connectivity index (χ0n) is 11.8. The van der Waals surface area contributed by atoms with Crippen LogP contribution >= 0.6 is 0 Å². The van der Waals surface area contributed by atoms with Crippen LogP contribution in [0.2, 0.25) is 0 Å². The fourth-order valence-electron chi connectivity index (χ4n) is 2.96. The van der Waals surface area contributed by atoms with Crippen molar-refractivity contribution >= 4 is 11.9 Å². The molecule has 6 heteroatoms. The summed E-state index contributed by atoms with van der Waals surface area (Å²) in [6, 6.07) is 11.5. The monoisotopic (exact) mass is 294 g/mol. The van der Waals surface area contributed by atoms with Crippen molar-refractivity contribution in [1.82, 2.24) is 14.8 Å². The van der Waals surface area contributed by atoms with Gasteiger partial charge in [-0.3, -0.25) is 4.79 Å². The second kappa shape index (κ2) is 4.84. The molecule has 1 aliphatic carbocycles. The van der Waals surface area contributed by atoms with Crippen molar-refractivity contribution in [1.29, 1.82) is 0 Å².